The van der Waals surface area contributed by atoms with Crippen molar-refractivity contribution in [1.82, 2.24) is 9.80 Å². The highest BCUT2D eigenvalue weighted by molar-refractivity contribution is 5.83. The molecule has 0 spiro atoms. The van der Waals surface area contributed by atoms with Gasteiger partial charge in [0.2, 0.25) is 11.8 Å². The van der Waals surface area contributed by atoms with E-state index in [0.29, 0.717) is 26.2 Å². The fraction of sp³-hybridized carbons (Fsp3) is 0.846. The summed E-state index contributed by atoms with van der Waals surface area (Å²) in [5.41, 5.74) is 5.87. The van der Waals surface area contributed by atoms with Crippen LogP contribution in [0.1, 0.15) is 26.7 Å². The minimum Gasteiger partial charge on any atom is -0.339 e. The van der Waals surface area contributed by atoms with Gasteiger partial charge in [0.1, 0.15) is 0 Å². The van der Waals surface area contributed by atoms with Gasteiger partial charge in [0, 0.05) is 32.1 Å². The van der Waals surface area contributed by atoms with Crippen LogP contribution in [0.5, 0.6) is 0 Å². The Kier molecular flexibility index (Phi) is 3.90. The molecular weight excluding hydrogens is 230 g/mol. The van der Waals surface area contributed by atoms with E-state index in [2.05, 4.69) is 0 Å². The predicted molar refractivity (Wildman–Crippen MR) is 68.7 cm³/mol. The highest BCUT2D eigenvalue weighted by Crippen LogP contribution is 2.31. The van der Waals surface area contributed by atoms with Gasteiger partial charge in [-0.15, -0.1) is 0 Å². The van der Waals surface area contributed by atoms with Crippen molar-refractivity contribution in [3.8, 4) is 0 Å². The molecule has 2 fully saturated rings. The molecule has 2 N–H and O–H groups in total. The monoisotopic (exact) mass is 253 g/mol. The summed E-state index contributed by atoms with van der Waals surface area (Å²) in [6.07, 6.45) is 2.08. The van der Waals surface area contributed by atoms with E-state index in [-0.39, 0.29) is 23.7 Å². The first kappa shape index (κ1) is 13.3. The van der Waals surface area contributed by atoms with Crippen LogP contribution in [0.2, 0.25) is 0 Å². The quantitative estimate of drug-likeness (QED) is 0.773. The molecule has 0 aromatic rings. The van der Waals surface area contributed by atoms with E-state index >= 15 is 0 Å². The molecule has 18 heavy (non-hydrogen) atoms. The maximum atomic E-state index is 12.1. The van der Waals surface area contributed by atoms with Crippen molar-refractivity contribution >= 4 is 11.8 Å². The molecule has 0 unspecified atom stereocenters. The number of hydrogen-bond acceptors (Lipinski definition) is 3. The van der Waals surface area contributed by atoms with Crippen LogP contribution in [-0.2, 0) is 9.59 Å². The summed E-state index contributed by atoms with van der Waals surface area (Å²) in [4.78, 5) is 27.6. The lowest BCUT2D eigenvalue weighted by Gasteiger charge is -2.36. The van der Waals surface area contributed by atoms with Crippen molar-refractivity contribution in [1.29, 1.82) is 0 Å². The number of piperazine rings is 1. The molecule has 0 aromatic heterocycles. The Labute approximate surface area is 108 Å². The van der Waals surface area contributed by atoms with Crippen molar-refractivity contribution < 1.29 is 9.59 Å². The number of nitrogens with zero attached hydrogens (tertiary/aromatic N) is 2. The fourth-order valence-electron chi connectivity index (χ4n) is 2.23. The Morgan fingerprint density at radius 1 is 1.06 bits per heavy atom. The highest BCUT2D eigenvalue weighted by atomic mass is 16.2. The Morgan fingerprint density at radius 3 is 2.00 bits per heavy atom. The van der Waals surface area contributed by atoms with Gasteiger partial charge in [-0.1, -0.05) is 13.8 Å². The lowest BCUT2D eigenvalue weighted by atomic mass is 10.0. The van der Waals surface area contributed by atoms with Gasteiger partial charge in [-0.3, -0.25) is 9.59 Å². The van der Waals surface area contributed by atoms with Crippen molar-refractivity contribution in [3.63, 3.8) is 0 Å². The van der Waals surface area contributed by atoms with Gasteiger partial charge in [-0.2, -0.15) is 0 Å². The zero-order valence-electron chi connectivity index (χ0n) is 11.3. The summed E-state index contributed by atoms with van der Waals surface area (Å²) in [7, 11) is 0. The average molecular weight is 253 g/mol. The van der Waals surface area contributed by atoms with Crippen LogP contribution in [0.3, 0.4) is 0 Å². The van der Waals surface area contributed by atoms with Crippen LogP contribution in [0.15, 0.2) is 0 Å². The second-order valence-electron chi connectivity index (χ2n) is 5.69. The van der Waals surface area contributed by atoms with Crippen molar-refractivity contribution in [3.05, 3.63) is 0 Å². The number of carbonyl (C=O) groups is 2. The maximum Gasteiger partial charge on any atom is 0.239 e. The first-order valence-electron chi connectivity index (χ1n) is 6.84. The number of rotatable bonds is 3. The third-order valence-corrected chi connectivity index (χ3v) is 3.83. The van der Waals surface area contributed by atoms with Crippen LogP contribution in [0.25, 0.3) is 0 Å². The van der Waals surface area contributed by atoms with E-state index in [0.717, 1.165) is 12.8 Å². The van der Waals surface area contributed by atoms with Gasteiger partial charge in [0.15, 0.2) is 0 Å². The van der Waals surface area contributed by atoms with Crippen molar-refractivity contribution in [2.45, 2.75) is 32.7 Å². The number of hydrogen-bond donors (Lipinski definition) is 1. The summed E-state index contributed by atoms with van der Waals surface area (Å²) in [5, 5.41) is 0. The highest BCUT2D eigenvalue weighted by Gasteiger charge is 2.35. The van der Waals surface area contributed by atoms with Gasteiger partial charge in [0.25, 0.3) is 0 Å². The number of amides is 2. The van der Waals surface area contributed by atoms with Gasteiger partial charge in [-0.05, 0) is 18.8 Å². The third-order valence-electron chi connectivity index (χ3n) is 3.83. The number of nitrogens with two attached hydrogens (primary N) is 1. The SMILES string of the molecule is CC(C)[C@H](N)C(=O)N1CCN(C(=O)C2CC2)CC1. The summed E-state index contributed by atoms with van der Waals surface area (Å²) in [6.45, 7) is 6.47. The topological polar surface area (TPSA) is 66.6 Å². The lowest BCUT2D eigenvalue weighted by molar-refractivity contribution is -0.141. The fourth-order valence-corrected chi connectivity index (χ4v) is 2.23. The Balaban J connectivity index is 1.82. The van der Waals surface area contributed by atoms with Crippen LogP contribution < -0.4 is 5.73 Å². The molecule has 1 aliphatic carbocycles. The molecule has 1 saturated heterocycles. The normalized spacial score (nSPS) is 22.2. The largest absolute Gasteiger partial charge is 0.339 e. The second-order valence-corrected chi connectivity index (χ2v) is 5.69. The van der Waals surface area contributed by atoms with E-state index < -0.39 is 6.04 Å². The van der Waals surface area contributed by atoms with Crippen LogP contribution >= 0.6 is 0 Å². The van der Waals surface area contributed by atoms with Crippen LogP contribution in [-0.4, -0.2) is 53.8 Å². The molecule has 2 aliphatic rings. The number of carbonyl (C=O) groups excluding carboxylic acids is 2. The van der Waals surface area contributed by atoms with E-state index in [1.54, 1.807) is 4.90 Å². The first-order valence-corrected chi connectivity index (χ1v) is 6.84. The molecular formula is C13H23N3O2. The molecule has 2 rings (SSSR count). The molecule has 5 nitrogen and oxygen atoms in total. The van der Waals surface area contributed by atoms with Gasteiger partial charge in [0.05, 0.1) is 6.04 Å². The van der Waals surface area contributed by atoms with Gasteiger partial charge >= 0.3 is 0 Å². The molecule has 5 heteroatoms. The zero-order valence-corrected chi connectivity index (χ0v) is 11.3. The lowest BCUT2D eigenvalue weighted by Crippen LogP contribution is -2.55. The smallest absolute Gasteiger partial charge is 0.239 e. The van der Waals surface area contributed by atoms with Gasteiger partial charge in [-0.25, -0.2) is 0 Å². The van der Waals surface area contributed by atoms with Crippen LogP contribution in [0.4, 0.5) is 0 Å². The summed E-state index contributed by atoms with van der Waals surface area (Å²) < 4.78 is 0. The predicted octanol–water partition coefficient (Wildman–Crippen LogP) is 0.0505. The first-order chi connectivity index (χ1) is 8.50. The Morgan fingerprint density at radius 2 is 1.56 bits per heavy atom. The molecule has 102 valence electrons. The standard InChI is InChI=1S/C13H23N3O2/c1-9(2)11(14)13(18)16-7-5-15(6-8-16)12(17)10-3-4-10/h9-11H,3-8,14H2,1-2H3/t11-/m0/s1. The summed E-state index contributed by atoms with van der Waals surface area (Å²) >= 11 is 0. The molecule has 0 aromatic carbocycles. The van der Waals surface area contributed by atoms with Crippen LogP contribution in [0, 0.1) is 11.8 Å². The zero-order chi connectivity index (χ0) is 13.3. The molecule has 1 saturated carbocycles. The third kappa shape index (κ3) is 2.83. The van der Waals surface area contributed by atoms with E-state index in [1.165, 1.54) is 0 Å². The van der Waals surface area contributed by atoms with E-state index in [9.17, 15) is 9.59 Å². The average Bonchev–Trinajstić information content (AvgIpc) is 3.20. The maximum absolute atomic E-state index is 12.1. The molecule has 1 aliphatic heterocycles. The molecule has 2 amide bonds. The molecule has 0 radical (unpaired) electrons. The minimum atomic E-state index is -0.421. The second kappa shape index (κ2) is 5.26. The van der Waals surface area contributed by atoms with Crippen molar-refractivity contribution in [2.24, 2.45) is 17.6 Å². The summed E-state index contributed by atoms with van der Waals surface area (Å²) in [5.74, 6) is 0.715. The minimum absolute atomic E-state index is 0.0171. The molecule has 0 bridgehead atoms. The molecule has 1 heterocycles. The summed E-state index contributed by atoms with van der Waals surface area (Å²) in [6, 6.07) is -0.421. The van der Waals surface area contributed by atoms with E-state index in [1.807, 2.05) is 18.7 Å². The Hall–Kier alpha value is -1.10. The Bertz CT molecular complexity index is 331. The van der Waals surface area contributed by atoms with E-state index in [4.69, 9.17) is 5.73 Å². The molecule has 1 atom stereocenters. The van der Waals surface area contributed by atoms with Gasteiger partial charge < -0.3 is 15.5 Å². The van der Waals surface area contributed by atoms with Crippen molar-refractivity contribution in [2.75, 3.05) is 26.2 Å².